The van der Waals surface area contributed by atoms with Crippen LogP contribution in [0, 0.1) is 17.8 Å². The number of aromatic hydroxyl groups is 1. The number of rotatable bonds is 7. The van der Waals surface area contributed by atoms with E-state index in [9.17, 15) is 29.4 Å². The maximum absolute atomic E-state index is 12.8. The van der Waals surface area contributed by atoms with Gasteiger partial charge in [0.25, 0.3) is 0 Å². The minimum Gasteiger partial charge on any atom is -0.512 e. The maximum atomic E-state index is 12.8. The molecule has 0 spiro atoms. The van der Waals surface area contributed by atoms with E-state index in [0.29, 0.717) is 43.3 Å². The zero-order chi connectivity index (χ0) is 26.4. The van der Waals surface area contributed by atoms with E-state index in [-0.39, 0.29) is 30.1 Å². The molecular formula is C28H28O9. The van der Waals surface area contributed by atoms with Gasteiger partial charge in [0, 0.05) is 25.2 Å². The number of aliphatic hydroxyl groups is 1. The predicted octanol–water partition coefficient (Wildman–Crippen LogP) is 3.99. The lowest BCUT2D eigenvalue weighted by atomic mass is 9.74. The minimum absolute atomic E-state index is 0.0585. The van der Waals surface area contributed by atoms with E-state index in [0.717, 1.165) is 0 Å². The number of hydrogen-bond donors (Lipinski definition) is 2. The van der Waals surface area contributed by atoms with Gasteiger partial charge in [-0.15, -0.1) is 0 Å². The topological polar surface area (TPSA) is 136 Å². The lowest BCUT2D eigenvalue weighted by molar-refractivity contribution is -0.159. The summed E-state index contributed by atoms with van der Waals surface area (Å²) in [6.45, 7) is 0. The Balaban J connectivity index is 1.25. The Bertz CT molecular complexity index is 1170. The normalized spacial score (nSPS) is 25.1. The molecule has 2 N–H and O–H groups in total. The molecule has 1 aromatic rings. The molecule has 1 saturated carbocycles. The Morgan fingerprint density at radius 2 is 1.70 bits per heavy atom. The summed E-state index contributed by atoms with van der Waals surface area (Å²) in [7, 11) is 0. The fourth-order valence-corrected chi connectivity index (χ4v) is 4.52. The first-order valence-corrected chi connectivity index (χ1v) is 12.2. The average molecular weight is 509 g/mol. The van der Waals surface area contributed by atoms with Crippen LogP contribution in [-0.2, 0) is 28.7 Å². The van der Waals surface area contributed by atoms with E-state index in [2.05, 4.69) is 0 Å². The van der Waals surface area contributed by atoms with Gasteiger partial charge in [0.2, 0.25) is 0 Å². The third-order valence-electron chi connectivity index (χ3n) is 6.63. The Kier molecular flexibility index (Phi) is 8.22. The minimum atomic E-state index is -0.665. The fourth-order valence-electron chi connectivity index (χ4n) is 4.52. The fraction of sp³-hybridized carbons (Fsp3) is 0.357. The molecule has 4 atom stereocenters. The molecule has 1 aromatic carbocycles. The Morgan fingerprint density at radius 3 is 2.35 bits per heavy atom. The Labute approximate surface area is 213 Å². The highest BCUT2D eigenvalue weighted by Gasteiger charge is 2.40. The summed E-state index contributed by atoms with van der Waals surface area (Å²) in [5, 5.41) is 18.8. The van der Waals surface area contributed by atoms with Crippen molar-refractivity contribution in [2.24, 2.45) is 17.8 Å². The van der Waals surface area contributed by atoms with Crippen molar-refractivity contribution in [3.63, 3.8) is 0 Å². The van der Waals surface area contributed by atoms with Crippen LogP contribution in [0.3, 0.4) is 0 Å². The number of aliphatic hydroxyl groups excluding tert-OH is 1. The summed E-state index contributed by atoms with van der Waals surface area (Å²) in [5.41, 5.74) is 0.309. The first-order chi connectivity index (χ1) is 17.8. The second-order valence-corrected chi connectivity index (χ2v) is 9.22. The van der Waals surface area contributed by atoms with Crippen molar-refractivity contribution in [2.45, 2.75) is 44.6 Å². The van der Waals surface area contributed by atoms with Crippen LogP contribution in [-0.4, -0.2) is 40.5 Å². The summed E-state index contributed by atoms with van der Waals surface area (Å²) in [6.07, 6.45) is 9.88. The molecule has 0 saturated heterocycles. The SMILES string of the molecule is O=CC1CC(C(=O)OC2=CCC(O)=CC2)CCC1C(=O)OC1C=CC(C(=O)Oc2ccc(O)cc2)=CC1. The second kappa shape index (κ2) is 11.7. The molecular weight excluding hydrogens is 480 g/mol. The molecule has 37 heavy (non-hydrogen) atoms. The van der Waals surface area contributed by atoms with Crippen LogP contribution in [0.4, 0.5) is 0 Å². The standard InChI is InChI=1S/C28H28O9/c29-16-19-15-18(27(33)36-24-12-6-21(31)7-13-24)3-14-25(19)28(34)37-22-8-1-17(2-9-22)26(32)35-23-10-4-20(30)5-11-23/h1-2,4-6,8,10-11,13,16,18-19,22,25,30-31H,3,7,9,12,14-15H2. The molecule has 9 nitrogen and oxygen atoms in total. The predicted molar refractivity (Wildman–Crippen MR) is 130 cm³/mol. The summed E-state index contributed by atoms with van der Waals surface area (Å²) in [6, 6.07) is 5.76. The lowest BCUT2D eigenvalue weighted by Gasteiger charge is -2.31. The summed E-state index contributed by atoms with van der Waals surface area (Å²) >= 11 is 0. The van der Waals surface area contributed by atoms with Crippen LogP contribution < -0.4 is 4.74 Å². The number of ether oxygens (including phenoxy) is 3. The molecule has 0 amide bonds. The van der Waals surface area contributed by atoms with Crippen LogP contribution in [0.2, 0.25) is 0 Å². The van der Waals surface area contributed by atoms with Crippen LogP contribution in [0.5, 0.6) is 11.5 Å². The van der Waals surface area contributed by atoms with E-state index < -0.39 is 41.8 Å². The van der Waals surface area contributed by atoms with Gasteiger partial charge in [0.1, 0.15) is 29.6 Å². The van der Waals surface area contributed by atoms with Gasteiger partial charge in [-0.25, -0.2) is 4.79 Å². The molecule has 0 aromatic heterocycles. The van der Waals surface area contributed by atoms with Crippen LogP contribution in [0.25, 0.3) is 0 Å². The summed E-state index contributed by atoms with van der Waals surface area (Å²) < 4.78 is 16.3. The van der Waals surface area contributed by atoms with Crippen molar-refractivity contribution < 1.29 is 43.6 Å². The number of carbonyl (C=O) groups excluding carboxylic acids is 4. The van der Waals surface area contributed by atoms with Gasteiger partial charge in [-0.3, -0.25) is 9.59 Å². The number of aldehydes is 1. The molecule has 0 radical (unpaired) electrons. The molecule has 3 aliphatic carbocycles. The van der Waals surface area contributed by atoms with Crippen molar-refractivity contribution >= 4 is 24.2 Å². The zero-order valence-corrected chi connectivity index (χ0v) is 20.1. The highest BCUT2D eigenvalue weighted by atomic mass is 16.5. The van der Waals surface area contributed by atoms with Crippen LogP contribution >= 0.6 is 0 Å². The number of phenols is 1. The number of carbonyl (C=O) groups is 4. The lowest BCUT2D eigenvalue weighted by Crippen LogP contribution is -2.37. The van der Waals surface area contributed by atoms with Crippen molar-refractivity contribution in [1.29, 1.82) is 0 Å². The van der Waals surface area contributed by atoms with Gasteiger partial charge >= 0.3 is 17.9 Å². The quantitative estimate of drug-likeness (QED) is 0.318. The van der Waals surface area contributed by atoms with E-state index >= 15 is 0 Å². The zero-order valence-electron chi connectivity index (χ0n) is 20.1. The smallest absolute Gasteiger partial charge is 0.343 e. The van der Waals surface area contributed by atoms with Crippen molar-refractivity contribution in [3.05, 3.63) is 71.7 Å². The van der Waals surface area contributed by atoms with Gasteiger partial charge in [0.05, 0.1) is 23.2 Å². The Hall–Kier alpha value is -4.14. The van der Waals surface area contributed by atoms with E-state index in [4.69, 9.17) is 14.2 Å². The van der Waals surface area contributed by atoms with Gasteiger partial charge < -0.3 is 29.2 Å². The highest BCUT2D eigenvalue weighted by Crippen LogP contribution is 2.36. The molecule has 194 valence electrons. The monoisotopic (exact) mass is 508 g/mol. The molecule has 0 aliphatic heterocycles. The van der Waals surface area contributed by atoms with E-state index in [1.807, 2.05) is 0 Å². The molecule has 4 unspecified atom stereocenters. The molecule has 9 heteroatoms. The number of benzene rings is 1. The van der Waals surface area contributed by atoms with Crippen LogP contribution in [0.15, 0.2) is 71.7 Å². The molecule has 1 fully saturated rings. The molecule has 0 heterocycles. The van der Waals surface area contributed by atoms with Crippen LogP contribution in [0.1, 0.15) is 38.5 Å². The number of esters is 3. The van der Waals surface area contributed by atoms with Crippen molar-refractivity contribution in [3.8, 4) is 11.5 Å². The molecule has 0 bridgehead atoms. The second-order valence-electron chi connectivity index (χ2n) is 9.22. The number of phenolic OH excluding ortho intramolecular Hbond substituents is 1. The molecule has 4 rings (SSSR count). The summed E-state index contributed by atoms with van der Waals surface area (Å²) in [4.78, 5) is 49.5. The largest absolute Gasteiger partial charge is 0.512 e. The van der Waals surface area contributed by atoms with E-state index in [1.54, 1.807) is 24.3 Å². The van der Waals surface area contributed by atoms with Crippen molar-refractivity contribution in [2.75, 3.05) is 0 Å². The third-order valence-corrected chi connectivity index (χ3v) is 6.63. The Morgan fingerprint density at radius 1 is 0.919 bits per heavy atom. The van der Waals surface area contributed by atoms with Gasteiger partial charge in [-0.05, 0) is 67.8 Å². The summed E-state index contributed by atoms with van der Waals surface area (Å²) in [5.74, 6) is -2.31. The van der Waals surface area contributed by atoms with Gasteiger partial charge in [-0.1, -0.05) is 6.08 Å². The maximum Gasteiger partial charge on any atom is 0.343 e. The highest BCUT2D eigenvalue weighted by molar-refractivity contribution is 5.93. The first-order valence-electron chi connectivity index (χ1n) is 12.2. The van der Waals surface area contributed by atoms with Gasteiger partial charge in [0.15, 0.2) is 0 Å². The van der Waals surface area contributed by atoms with E-state index in [1.165, 1.54) is 30.3 Å². The first kappa shape index (κ1) is 25.9. The number of hydrogen-bond acceptors (Lipinski definition) is 9. The average Bonchev–Trinajstić information content (AvgIpc) is 2.91. The number of allylic oxidation sites excluding steroid dienone is 2. The van der Waals surface area contributed by atoms with Crippen molar-refractivity contribution in [1.82, 2.24) is 0 Å². The molecule has 3 aliphatic rings. The van der Waals surface area contributed by atoms with Gasteiger partial charge in [-0.2, -0.15) is 0 Å². The third kappa shape index (κ3) is 6.75.